The number of hydrogen-bond acceptors (Lipinski definition) is 9. The summed E-state index contributed by atoms with van der Waals surface area (Å²) < 4.78 is 38.9. The molecule has 5 amide bonds. The summed E-state index contributed by atoms with van der Waals surface area (Å²) >= 11 is 0. The van der Waals surface area contributed by atoms with Crippen molar-refractivity contribution in [1.29, 1.82) is 0 Å². The summed E-state index contributed by atoms with van der Waals surface area (Å²) in [7, 11) is -3.86. The van der Waals surface area contributed by atoms with Gasteiger partial charge in [0, 0.05) is 19.5 Å². The summed E-state index contributed by atoms with van der Waals surface area (Å²) in [4.78, 5) is 71.2. The number of cyclic esters (lactones) is 1. The van der Waals surface area contributed by atoms with Gasteiger partial charge >= 0.3 is 12.2 Å². The minimum Gasteiger partial charge on any atom is -0.450 e. The molecule has 14 nitrogen and oxygen atoms in total. The van der Waals surface area contributed by atoms with E-state index in [0.717, 1.165) is 43.2 Å². The van der Waals surface area contributed by atoms with Crippen LogP contribution in [0.5, 0.6) is 0 Å². The zero-order chi connectivity index (χ0) is 36.3. The van der Waals surface area contributed by atoms with Crippen LogP contribution in [0.2, 0.25) is 0 Å². The predicted molar refractivity (Wildman–Crippen MR) is 185 cm³/mol. The number of benzene rings is 1. The molecule has 3 fully saturated rings. The van der Waals surface area contributed by atoms with Crippen LogP contribution in [0.4, 0.5) is 9.59 Å². The van der Waals surface area contributed by atoms with E-state index in [1.54, 1.807) is 4.90 Å². The molecule has 1 aromatic rings. The van der Waals surface area contributed by atoms with Crippen LogP contribution < -0.4 is 15.4 Å². The minimum atomic E-state index is -3.86. The molecule has 5 aliphatic rings. The quantitative estimate of drug-likeness (QED) is 0.343. The zero-order valence-electron chi connectivity index (χ0n) is 29.6. The topological polar surface area (TPSA) is 181 Å². The molecule has 4 bridgehead atoms. The number of sulfonamides is 1. The molecule has 5 atom stereocenters. The Labute approximate surface area is 299 Å². The van der Waals surface area contributed by atoms with Gasteiger partial charge in [-0.25, -0.2) is 18.0 Å². The van der Waals surface area contributed by atoms with Gasteiger partial charge < -0.3 is 25.0 Å². The highest BCUT2D eigenvalue weighted by Crippen LogP contribution is 2.47. The van der Waals surface area contributed by atoms with Crippen LogP contribution in [0.25, 0.3) is 0 Å². The van der Waals surface area contributed by atoms with Crippen LogP contribution in [0.15, 0.2) is 18.2 Å². The number of nitrogens with one attached hydrogen (secondary N) is 3. The highest BCUT2D eigenvalue weighted by molar-refractivity contribution is 7.91. The summed E-state index contributed by atoms with van der Waals surface area (Å²) in [5.41, 5.74) is 1.93. The van der Waals surface area contributed by atoms with Crippen LogP contribution in [0, 0.1) is 5.92 Å². The monoisotopic (exact) mass is 729 g/mol. The average Bonchev–Trinajstić information content (AvgIpc) is 3.99. The van der Waals surface area contributed by atoms with Crippen molar-refractivity contribution in [1.82, 2.24) is 25.2 Å². The summed E-state index contributed by atoms with van der Waals surface area (Å²) in [6, 6.07) is 3.96. The molecule has 3 N–H and O–H groups in total. The number of amides is 5. The third-order valence-electron chi connectivity index (χ3n) is 11.0. The van der Waals surface area contributed by atoms with Crippen molar-refractivity contribution in [3.05, 3.63) is 34.9 Å². The smallest absolute Gasteiger partial charge is 0.410 e. The molecule has 0 radical (unpaired) electrons. The van der Waals surface area contributed by atoms with E-state index in [1.807, 2.05) is 26.0 Å². The lowest BCUT2D eigenvalue weighted by Gasteiger charge is -2.29. The summed E-state index contributed by atoms with van der Waals surface area (Å²) in [5.74, 6) is -2.24. The van der Waals surface area contributed by atoms with Gasteiger partial charge in [0.1, 0.15) is 23.7 Å². The maximum absolute atomic E-state index is 14.2. The van der Waals surface area contributed by atoms with Crippen LogP contribution in [-0.2, 0) is 53.4 Å². The Balaban J connectivity index is 1.24. The average molecular weight is 730 g/mol. The molecule has 0 spiro atoms. The number of nitrogens with zero attached hydrogens (tertiary/aromatic N) is 2. The van der Waals surface area contributed by atoms with E-state index < -0.39 is 68.9 Å². The second-order valence-corrected chi connectivity index (χ2v) is 16.7. The first-order chi connectivity index (χ1) is 24.5. The van der Waals surface area contributed by atoms with Crippen LogP contribution in [-0.4, -0.2) is 90.3 Å². The second kappa shape index (κ2) is 15.4. The molecule has 3 heterocycles. The summed E-state index contributed by atoms with van der Waals surface area (Å²) in [6.07, 6.45) is 5.59. The molecule has 1 aromatic carbocycles. The summed E-state index contributed by atoms with van der Waals surface area (Å²) in [5, 5.41) is 4.91. The van der Waals surface area contributed by atoms with Crippen molar-refractivity contribution in [2.24, 2.45) is 5.92 Å². The van der Waals surface area contributed by atoms with E-state index >= 15 is 0 Å². The second-order valence-electron chi connectivity index (χ2n) is 14.7. The normalized spacial score (nSPS) is 28.7. The van der Waals surface area contributed by atoms with E-state index in [0.29, 0.717) is 51.6 Å². The molecule has 2 aliphatic carbocycles. The molecular weight excluding hydrogens is 678 g/mol. The lowest BCUT2D eigenvalue weighted by Crippen LogP contribution is -2.58. The largest absolute Gasteiger partial charge is 0.450 e. The molecule has 15 heteroatoms. The third kappa shape index (κ3) is 8.28. The van der Waals surface area contributed by atoms with Gasteiger partial charge in [0.2, 0.25) is 21.8 Å². The van der Waals surface area contributed by atoms with E-state index in [2.05, 4.69) is 21.4 Å². The lowest BCUT2D eigenvalue weighted by molar-refractivity contribution is -0.141. The van der Waals surface area contributed by atoms with Gasteiger partial charge in [0.25, 0.3) is 5.91 Å². The fourth-order valence-electron chi connectivity index (χ4n) is 7.73. The van der Waals surface area contributed by atoms with Gasteiger partial charge in [-0.1, -0.05) is 64.2 Å². The molecular formula is C36H51N5O9S. The van der Waals surface area contributed by atoms with Crippen molar-refractivity contribution >= 4 is 39.9 Å². The van der Waals surface area contributed by atoms with Gasteiger partial charge in [0.15, 0.2) is 0 Å². The number of fused-ring (bicyclic) bond motifs is 3. The Morgan fingerprint density at radius 2 is 1.80 bits per heavy atom. The fraction of sp³-hybridized carbons (Fsp3) is 0.694. The van der Waals surface area contributed by atoms with Crippen molar-refractivity contribution in [2.45, 2.75) is 139 Å². The van der Waals surface area contributed by atoms with Gasteiger partial charge in [-0.15, -0.1) is 0 Å². The highest BCUT2D eigenvalue weighted by Gasteiger charge is 2.62. The van der Waals surface area contributed by atoms with Crippen molar-refractivity contribution < 1.29 is 41.9 Å². The number of hydrogen-bond donors (Lipinski definition) is 3. The first-order valence-corrected chi connectivity index (χ1v) is 20.2. The van der Waals surface area contributed by atoms with Crippen molar-refractivity contribution in [3.8, 4) is 0 Å². The SMILES string of the molecule is CCCC[C@@H]1NC(=O)OCCCCCCc2cccc3c2CN(C3)C(=O)O[C@@H]2C[C@@H](C(=O)N[C@]3(C(=O)NS(=O)(=O)C4CC4)CC3CC)N(C2)C1=O. The first-order valence-electron chi connectivity index (χ1n) is 18.6. The van der Waals surface area contributed by atoms with Crippen LogP contribution in [0.1, 0.15) is 108 Å². The first kappa shape index (κ1) is 36.9. The number of unbranched alkanes of at least 4 members (excludes halogenated alkanes) is 1. The Kier molecular flexibility index (Phi) is 11.1. The summed E-state index contributed by atoms with van der Waals surface area (Å²) in [6.45, 7) is 4.73. The highest BCUT2D eigenvalue weighted by atomic mass is 32.2. The molecule has 51 heavy (non-hydrogen) atoms. The maximum atomic E-state index is 14.2. The molecule has 3 aliphatic heterocycles. The van der Waals surface area contributed by atoms with Gasteiger partial charge in [0.05, 0.1) is 18.4 Å². The van der Waals surface area contributed by atoms with Crippen molar-refractivity contribution in [2.75, 3.05) is 13.2 Å². The number of aryl methyl sites for hydroxylation is 1. The number of carbonyl (C=O) groups excluding carboxylic acids is 5. The molecule has 6 rings (SSSR count). The van der Waals surface area contributed by atoms with E-state index in [-0.39, 0.29) is 31.9 Å². The lowest BCUT2D eigenvalue weighted by atomic mass is 9.98. The molecule has 280 valence electrons. The van der Waals surface area contributed by atoms with Crippen LogP contribution in [0.3, 0.4) is 0 Å². The molecule has 1 saturated heterocycles. The number of alkyl carbamates (subject to hydrolysis) is 1. The predicted octanol–water partition coefficient (Wildman–Crippen LogP) is 3.40. The van der Waals surface area contributed by atoms with Crippen molar-refractivity contribution in [3.63, 3.8) is 0 Å². The number of rotatable bonds is 9. The van der Waals surface area contributed by atoms with Gasteiger partial charge in [-0.05, 0) is 67.6 Å². The molecule has 2 saturated carbocycles. The number of carbonyl (C=O) groups is 5. The van der Waals surface area contributed by atoms with Gasteiger partial charge in [-0.3, -0.25) is 24.0 Å². The third-order valence-corrected chi connectivity index (χ3v) is 12.8. The maximum Gasteiger partial charge on any atom is 0.410 e. The number of ether oxygens (including phenoxy) is 2. The Morgan fingerprint density at radius 3 is 2.53 bits per heavy atom. The molecule has 0 aromatic heterocycles. The van der Waals surface area contributed by atoms with E-state index in [9.17, 15) is 32.4 Å². The Morgan fingerprint density at radius 1 is 1.04 bits per heavy atom. The van der Waals surface area contributed by atoms with Crippen LogP contribution >= 0.6 is 0 Å². The minimum absolute atomic E-state index is 0.0326. The standard InChI is InChI=1S/C36H51N5O9S/c1-3-5-14-29-32(43)41-21-26(18-30(41)31(42)38-36(19-25(36)4-2)33(44)39-51(47,48)27-15-16-27)50-35(46)40-20-24-13-10-12-23(28(24)22-40)11-8-6-7-9-17-49-34(45)37-29/h10,12-13,25-27,29-30H,3-9,11,14-22H2,1-2H3,(H,37,45)(H,38,42)(H,39,44)/t25?,26-,29+,30+,36-/m1/s1. The Hall–Kier alpha value is -3.88. The van der Waals surface area contributed by atoms with E-state index in [1.165, 1.54) is 10.5 Å². The molecule has 1 unspecified atom stereocenters. The van der Waals surface area contributed by atoms with E-state index in [4.69, 9.17) is 9.47 Å². The Bertz CT molecular complexity index is 1630. The fourth-order valence-corrected chi connectivity index (χ4v) is 9.09. The van der Waals surface area contributed by atoms with Gasteiger partial charge in [-0.2, -0.15) is 0 Å². The zero-order valence-corrected chi connectivity index (χ0v) is 30.4.